The second-order valence-corrected chi connectivity index (χ2v) is 4.91. The zero-order valence-electron chi connectivity index (χ0n) is 12.5. The summed E-state index contributed by atoms with van der Waals surface area (Å²) in [6, 6.07) is 8.45. The monoisotopic (exact) mass is 273 g/mol. The van der Waals surface area contributed by atoms with Crippen LogP contribution >= 0.6 is 0 Å². The molecule has 0 saturated carbocycles. The summed E-state index contributed by atoms with van der Waals surface area (Å²) in [6.45, 7) is 6.14. The van der Waals surface area contributed by atoms with Crippen molar-refractivity contribution in [3.63, 3.8) is 0 Å². The molecule has 4 nitrogen and oxygen atoms in total. The molecule has 1 N–H and O–H groups in total. The molecule has 1 aromatic heterocycles. The van der Waals surface area contributed by atoms with Gasteiger partial charge in [0.05, 0.1) is 13.7 Å². The Kier molecular flexibility index (Phi) is 5.18. The molecule has 0 amide bonds. The van der Waals surface area contributed by atoms with Crippen LogP contribution in [0.4, 0.5) is 0 Å². The van der Waals surface area contributed by atoms with Crippen LogP contribution in [-0.4, -0.2) is 16.7 Å². The minimum Gasteiger partial charge on any atom is -0.497 e. The third-order valence-corrected chi connectivity index (χ3v) is 3.45. The van der Waals surface area contributed by atoms with E-state index in [1.165, 1.54) is 5.56 Å². The van der Waals surface area contributed by atoms with E-state index in [9.17, 15) is 0 Å². The van der Waals surface area contributed by atoms with Crippen LogP contribution < -0.4 is 10.1 Å². The highest BCUT2D eigenvalue weighted by atomic mass is 16.5. The number of benzene rings is 1. The Morgan fingerprint density at radius 1 is 1.30 bits per heavy atom. The van der Waals surface area contributed by atoms with Crippen LogP contribution in [0.15, 0.2) is 36.7 Å². The van der Waals surface area contributed by atoms with Crippen LogP contribution in [0.3, 0.4) is 0 Å². The number of nitrogens with zero attached hydrogens (tertiary/aromatic N) is 2. The largest absolute Gasteiger partial charge is 0.497 e. The van der Waals surface area contributed by atoms with Gasteiger partial charge in [0, 0.05) is 25.0 Å². The SMILES string of the molecule is CCCn1ccnc1CN[C@H](C)c1ccc(OC)cc1. The van der Waals surface area contributed by atoms with Gasteiger partial charge in [-0.25, -0.2) is 4.98 Å². The van der Waals surface area contributed by atoms with Crippen molar-refractivity contribution in [1.29, 1.82) is 0 Å². The third-order valence-electron chi connectivity index (χ3n) is 3.45. The molecule has 1 atom stereocenters. The molecule has 0 fully saturated rings. The molecule has 0 unspecified atom stereocenters. The lowest BCUT2D eigenvalue weighted by molar-refractivity contribution is 0.414. The lowest BCUT2D eigenvalue weighted by atomic mass is 10.1. The molecule has 0 aliphatic carbocycles. The van der Waals surface area contributed by atoms with Crippen molar-refractivity contribution in [2.45, 2.75) is 39.4 Å². The second kappa shape index (κ2) is 7.10. The molecule has 1 heterocycles. The molecule has 2 rings (SSSR count). The fourth-order valence-electron chi connectivity index (χ4n) is 2.21. The zero-order valence-corrected chi connectivity index (χ0v) is 12.5. The van der Waals surface area contributed by atoms with Gasteiger partial charge in [0.25, 0.3) is 0 Å². The highest BCUT2D eigenvalue weighted by molar-refractivity contribution is 5.28. The fraction of sp³-hybridized carbons (Fsp3) is 0.438. The number of rotatable bonds is 7. The van der Waals surface area contributed by atoms with E-state index >= 15 is 0 Å². The van der Waals surface area contributed by atoms with E-state index in [0.29, 0.717) is 0 Å². The van der Waals surface area contributed by atoms with Crippen LogP contribution in [0.1, 0.15) is 37.7 Å². The Hall–Kier alpha value is -1.81. The maximum Gasteiger partial charge on any atom is 0.122 e. The number of nitrogens with one attached hydrogen (secondary N) is 1. The van der Waals surface area contributed by atoms with E-state index in [0.717, 1.165) is 31.1 Å². The maximum atomic E-state index is 5.18. The molecule has 0 radical (unpaired) electrons. The van der Waals surface area contributed by atoms with Gasteiger partial charge < -0.3 is 14.6 Å². The molecule has 108 valence electrons. The standard InChI is InChI=1S/C16H23N3O/c1-4-10-19-11-9-17-16(19)12-18-13(2)14-5-7-15(20-3)8-6-14/h5-9,11,13,18H,4,10,12H2,1-3H3/t13-/m1/s1. The second-order valence-electron chi connectivity index (χ2n) is 4.91. The summed E-state index contributed by atoms with van der Waals surface area (Å²) in [5, 5.41) is 3.51. The number of aryl methyl sites for hydroxylation is 1. The number of hydrogen-bond acceptors (Lipinski definition) is 3. The van der Waals surface area contributed by atoms with E-state index in [2.05, 4.69) is 40.8 Å². The fourth-order valence-corrected chi connectivity index (χ4v) is 2.21. The van der Waals surface area contributed by atoms with Gasteiger partial charge in [-0.3, -0.25) is 0 Å². The van der Waals surface area contributed by atoms with Crippen molar-refractivity contribution in [3.05, 3.63) is 48.0 Å². The predicted octanol–water partition coefficient (Wildman–Crippen LogP) is 3.15. The topological polar surface area (TPSA) is 39.1 Å². The first kappa shape index (κ1) is 14.6. The van der Waals surface area contributed by atoms with Crippen molar-refractivity contribution in [3.8, 4) is 5.75 Å². The quantitative estimate of drug-likeness (QED) is 0.842. The van der Waals surface area contributed by atoms with Gasteiger partial charge in [-0.2, -0.15) is 0 Å². The molecular formula is C16H23N3O. The lowest BCUT2D eigenvalue weighted by Gasteiger charge is -2.15. The van der Waals surface area contributed by atoms with Crippen molar-refractivity contribution in [2.24, 2.45) is 0 Å². The van der Waals surface area contributed by atoms with Crippen molar-refractivity contribution in [2.75, 3.05) is 7.11 Å². The molecule has 0 saturated heterocycles. The summed E-state index contributed by atoms with van der Waals surface area (Å²) in [7, 11) is 1.68. The third kappa shape index (κ3) is 3.61. The maximum absolute atomic E-state index is 5.18. The first-order valence-electron chi connectivity index (χ1n) is 7.12. The van der Waals surface area contributed by atoms with Crippen molar-refractivity contribution in [1.82, 2.24) is 14.9 Å². The summed E-state index contributed by atoms with van der Waals surface area (Å²) in [5.41, 5.74) is 1.25. The Morgan fingerprint density at radius 2 is 2.05 bits per heavy atom. The van der Waals surface area contributed by atoms with E-state index < -0.39 is 0 Å². The number of aromatic nitrogens is 2. The molecule has 0 bridgehead atoms. The van der Waals surface area contributed by atoms with Crippen LogP contribution in [0.2, 0.25) is 0 Å². The average molecular weight is 273 g/mol. The highest BCUT2D eigenvalue weighted by Gasteiger charge is 2.07. The molecule has 2 aromatic rings. The van der Waals surface area contributed by atoms with Gasteiger partial charge in [-0.15, -0.1) is 0 Å². The Morgan fingerprint density at radius 3 is 2.70 bits per heavy atom. The van der Waals surface area contributed by atoms with Gasteiger partial charge in [-0.05, 0) is 31.0 Å². The summed E-state index contributed by atoms with van der Waals surface area (Å²) in [4.78, 5) is 4.41. The smallest absolute Gasteiger partial charge is 0.122 e. The molecule has 4 heteroatoms. The number of hydrogen-bond donors (Lipinski definition) is 1. The zero-order chi connectivity index (χ0) is 14.4. The average Bonchev–Trinajstić information content (AvgIpc) is 2.92. The van der Waals surface area contributed by atoms with E-state index in [1.807, 2.05) is 24.5 Å². The summed E-state index contributed by atoms with van der Waals surface area (Å²) in [6.07, 6.45) is 5.03. The van der Waals surface area contributed by atoms with Crippen LogP contribution in [0, 0.1) is 0 Å². The minimum absolute atomic E-state index is 0.285. The molecule has 0 aliphatic rings. The van der Waals surface area contributed by atoms with Crippen molar-refractivity contribution >= 4 is 0 Å². The number of imidazole rings is 1. The molecule has 20 heavy (non-hydrogen) atoms. The van der Waals surface area contributed by atoms with E-state index in [-0.39, 0.29) is 6.04 Å². The molecule has 1 aromatic carbocycles. The Labute approximate surface area is 120 Å². The van der Waals surface area contributed by atoms with Crippen molar-refractivity contribution < 1.29 is 4.74 Å². The normalized spacial score (nSPS) is 12.3. The van der Waals surface area contributed by atoms with Crippen LogP contribution in [0.25, 0.3) is 0 Å². The molecule has 0 aliphatic heterocycles. The van der Waals surface area contributed by atoms with Gasteiger partial charge in [-0.1, -0.05) is 19.1 Å². The number of methoxy groups -OCH3 is 1. The summed E-state index contributed by atoms with van der Waals surface area (Å²) < 4.78 is 7.38. The predicted molar refractivity (Wildman–Crippen MR) is 80.8 cm³/mol. The van der Waals surface area contributed by atoms with Gasteiger partial charge in [0.15, 0.2) is 0 Å². The molecule has 0 spiro atoms. The van der Waals surface area contributed by atoms with E-state index in [4.69, 9.17) is 4.74 Å². The first-order valence-corrected chi connectivity index (χ1v) is 7.12. The van der Waals surface area contributed by atoms with Gasteiger partial charge >= 0.3 is 0 Å². The Bertz CT molecular complexity index is 519. The van der Waals surface area contributed by atoms with Crippen LogP contribution in [0.5, 0.6) is 5.75 Å². The summed E-state index contributed by atoms with van der Waals surface area (Å²) in [5.74, 6) is 1.98. The van der Waals surface area contributed by atoms with Gasteiger partial charge in [0.2, 0.25) is 0 Å². The van der Waals surface area contributed by atoms with Crippen LogP contribution in [-0.2, 0) is 13.1 Å². The Balaban J connectivity index is 1.93. The minimum atomic E-state index is 0.285. The lowest BCUT2D eigenvalue weighted by Crippen LogP contribution is -2.20. The van der Waals surface area contributed by atoms with Gasteiger partial charge in [0.1, 0.15) is 11.6 Å². The molecular weight excluding hydrogens is 250 g/mol. The first-order chi connectivity index (χ1) is 9.74. The summed E-state index contributed by atoms with van der Waals surface area (Å²) >= 11 is 0. The van der Waals surface area contributed by atoms with E-state index in [1.54, 1.807) is 7.11 Å². The highest BCUT2D eigenvalue weighted by Crippen LogP contribution is 2.17. The number of ether oxygens (including phenoxy) is 1.